The molecule has 8 heteroatoms. The topological polar surface area (TPSA) is 80.0 Å². The van der Waals surface area contributed by atoms with Gasteiger partial charge in [-0.1, -0.05) is 5.16 Å². The normalized spacial score (nSPS) is 19.6. The molecule has 1 aliphatic heterocycles. The fraction of sp³-hybridized carbons (Fsp3) is 0.500. The minimum absolute atomic E-state index is 0. The molecule has 1 fully saturated rings. The average Bonchev–Trinajstić information content (AvgIpc) is 3.06. The van der Waals surface area contributed by atoms with Gasteiger partial charge < -0.3 is 15.2 Å². The zero-order valence-corrected chi connectivity index (χ0v) is 15.5. The molecule has 2 unspecified atom stereocenters. The number of nitrogens with zero attached hydrogens (tertiary/aromatic N) is 2. The van der Waals surface area contributed by atoms with Crippen LogP contribution in [0, 0.1) is 5.82 Å². The molecule has 0 saturated carbocycles. The number of rotatable bonds is 6. The number of carbonyl (C=O) groups is 1. The van der Waals surface area contributed by atoms with Crippen LogP contribution in [0.5, 0.6) is 0 Å². The van der Waals surface area contributed by atoms with Crippen LogP contribution in [0.1, 0.15) is 38.5 Å². The van der Waals surface area contributed by atoms with Crippen molar-refractivity contribution in [3.05, 3.63) is 36.0 Å². The van der Waals surface area contributed by atoms with E-state index in [1.54, 1.807) is 12.1 Å². The average molecular weight is 383 g/mol. The number of hydrogen-bond donors (Lipinski definition) is 2. The first-order chi connectivity index (χ1) is 12.1. The first-order valence-electron chi connectivity index (χ1n) is 8.73. The van der Waals surface area contributed by atoms with Crippen molar-refractivity contribution in [2.24, 2.45) is 0 Å². The maximum Gasteiger partial charge on any atom is 0.226 e. The molecule has 1 saturated heterocycles. The van der Waals surface area contributed by atoms with Crippen molar-refractivity contribution in [1.29, 1.82) is 0 Å². The Morgan fingerprint density at radius 1 is 1.38 bits per heavy atom. The molecule has 0 spiro atoms. The Labute approximate surface area is 158 Å². The molecule has 1 aliphatic rings. The number of aromatic nitrogens is 2. The van der Waals surface area contributed by atoms with Crippen LogP contribution >= 0.6 is 12.4 Å². The number of nitrogens with one attached hydrogen (secondary N) is 2. The molecule has 2 atom stereocenters. The third-order valence-corrected chi connectivity index (χ3v) is 4.47. The molecular weight excluding hydrogens is 359 g/mol. The fourth-order valence-corrected chi connectivity index (χ4v) is 2.99. The van der Waals surface area contributed by atoms with Gasteiger partial charge in [0, 0.05) is 30.5 Å². The third kappa shape index (κ3) is 5.51. The SMILES string of the molecule is CC1NCCCC1NC(=O)CCCc1nc(-c2ccc(F)cc2)no1.Cl. The number of amides is 1. The summed E-state index contributed by atoms with van der Waals surface area (Å²) in [5.41, 5.74) is 0.702. The second-order valence-electron chi connectivity index (χ2n) is 6.43. The molecule has 6 nitrogen and oxygen atoms in total. The number of hydrogen-bond acceptors (Lipinski definition) is 5. The number of benzene rings is 1. The molecule has 142 valence electrons. The van der Waals surface area contributed by atoms with Gasteiger partial charge in [-0.2, -0.15) is 4.98 Å². The predicted molar refractivity (Wildman–Crippen MR) is 98.5 cm³/mol. The Hall–Kier alpha value is -1.99. The molecule has 2 aromatic rings. The summed E-state index contributed by atoms with van der Waals surface area (Å²) in [6.45, 7) is 3.11. The van der Waals surface area contributed by atoms with Crippen LogP contribution in [0.3, 0.4) is 0 Å². The van der Waals surface area contributed by atoms with Crippen molar-refractivity contribution in [2.45, 2.75) is 51.1 Å². The highest BCUT2D eigenvalue weighted by molar-refractivity contribution is 5.85. The van der Waals surface area contributed by atoms with Crippen molar-refractivity contribution in [3.63, 3.8) is 0 Å². The highest BCUT2D eigenvalue weighted by atomic mass is 35.5. The van der Waals surface area contributed by atoms with Gasteiger partial charge in [0.25, 0.3) is 0 Å². The van der Waals surface area contributed by atoms with E-state index in [9.17, 15) is 9.18 Å². The van der Waals surface area contributed by atoms with Gasteiger partial charge in [0.05, 0.1) is 0 Å². The summed E-state index contributed by atoms with van der Waals surface area (Å²) < 4.78 is 18.1. The van der Waals surface area contributed by atoms with Gasteiger partial charge in [-0.25, -0.2) is 4.39 Å². The predicted octanol–water partition coefficient (Wildman–Crippen LogP) is 2.88. The van der Waals surface area contributed by atoms with Crippen molar-refractivity contribution < 1.29 is 13.7 Å². The Morgan fingerprint density at radius 3 is 2.88 bits per heavy atom. The van der Waals surface area contributed by atoms with Crippen LogP contribution in [0.4, 0.5) is 4.39 Å². The number of aryl methyl sites for hydroxylation is 1. The van der Waals surface area contributed by atoms with Crippen molar-refractivity contribution in [1.82, 2.24) is 20.8 Å². The monoisotopic (exact) mass is 382 g/mol. The van der Waals surface area contributed by atoms with Gasteiger partial charge in [0.1, 0.15) is 5.82 Å². The quantitative estimate of drug-likeness (QED) is 0.803. The lowest BCUT2D eigenvalue weighted by atomic mass is 9.99. The Morgan fingerprint density at radius 2 is 2.15 bits per heavy atom. The van der Waals surface area contributed by atoms with Gasteiger partial charge in [-0.05, 0) is 57.0 Å². The van der Waals surface area contributed by atoms with E-state index < -0.39 is 0 Å². The molecular formula is C18H24ClFN4O2. The van der Waals surface area contributed by atoms with Crippen LogP contribution < -0.4 is 10.6 Å². The van der Waals surface area contributed by atoms with Gasteiger partial charge in [0.15, 0.2) is 0 Å². The maximum absolute atomic E-state index is 12.9. The number of halogens is 2. The van der Waals surface area contributed by atoms with E-state index in [0.29, 0.717) is 42.6 Å². The zero-order valence-electron chi connectivity index (χ0n) is 14.7. The van der Waals surface area contributed by atoms with E-state index in [4.69, 9.17) is 4.52 Å². The van der Waals surface area contributed by atoms with Gasteiger partial charge >= 0.3 is 0 Å². The number of carbonyl (C=O) groups excluding carboxylic acids is 1. The van der Waals surface area contributed by atoms with E-state index >= 15 is 0 Å². The highest BCUT2D eigenvalue weighted by Gasteiger charge is 2.22. The standard InChI is InChI=1S/C18H23FN4O2.ClH/c1-12-15(4-3-11-20-12)21-16(24)5-2-6-17-22-18(23-25-17)13-7-9-14(19)10-8-13;/h7-10,12,15,20H,2-6,11H2,1H3,(H,21,24);1H. The summed E-state index contributed by atoms with van der Waals surface area (Å²) in [6.07, 6.45) is 3.72. The molecule has 1 amide bonds. The lowest BCUT2D eigenvalue weighted by Gasteiger charge is -2.30. The maximum atomic E-state index is 12.9. The van der Waals surface area contributed by atoms with E-state index in [1.165, 1.54) is 12.1 Å². The Bertz CT molecular complexity index is 707. The van der Waals surface area contributed by atoms with Crippen molar-refractivity contribution >= 4 is 18.3 Å². The molecule has 0 aliphatic carbocycles. The lowest BCUT2D eigenvalue weighted by Crippen LogP contribution is -2.51. The molecule has 3 rings (SSSR count). The zero-order chi connectivity index (χ0) is 17.6. The van der Waals surface area contributed by atoms with Crippen molar-refractivity contribution in [3.8, 4) is 11.4 Å². The van der Waals surface area contributed by atoms with Crippen LogP contribution in [0.15, 0.2) is 28.8 Å². The van der Waals surface area contributed by atoms with Crippen LogP contribution in [0.25, 0.3) is 11.4 Å². The molecule has 1 aromatic carbocycles. The van der Waals surface area contributed by atoms with Gasteiger partial charge in [0.2, 0.25) is 17.6 Å². The summed E-state index contributed by atoms with van der Waals surface area (Å²) in [4.78, 5) is 16.4. The molecule has 2 heterocycles. The van der Waals surface area contributed by atoms with Crippen molar-refractivity contribution in [2.75, 3.05) is 6.54 Å². The second kappa shape index (κ2) is 9.64. The van der Waals surface area contributed by atoms with Crippen LogP contribution in [-0.2, 0) is 11.2 Å². The fourth-order valence-electron chi connectivity index (χ4n) is 2.99. The van der Waals surface area contributed by atoms with E-state index in [0.717, 1.165) is 19.4 Å². The first kappa shape index (κ1) is 20.3. The summed E-state index contributed by atoms with van der Waals surface area (Å²) in [7, 11) is 0. The Balaban J connectivity index is 0.00000243. The minimum atomic E-state index is -0.305. The van der Waals surface area contributed by atoms with Crippen LogP contribution in [-0.4, -0.2) is 34.7 Å². The smallest absolute Gasteiger partial charge is 0.226 e. The molecule has 0 bridgehead atoms. The van der Waals surface area contributed by atoms with E-state index in [1.807, 2.05) is 0 Å². The molecule has 2 N–H and O–H groups in total. The molecule has 1 aromatic heterocycles. The summed E-state index contributed by atoms with van der Waals surface area (Å²) in [5, 5.41) is 10.4. The van der Waals surface area contributed by atoms with Gasteiger partial charge in [-0.15, -0.1) is 12.4 Å². The minimum Gasteiger partial charge on any atom is -0.352 e. The number of piperidine rings is 1. The van der Waals surface area contributed by atoms with E-state index in [2.05, 4.69) is 27.7 Å². The first-order valence-corrected chi connectivity index (χ1v) is 8.73. The Kier molecular flexibility index (Phi) is 7.53. The lowest BCUT2D eigenvalue weighted by molar-refractivity contribution is -0.122. The summed E-state index contributed by atoms with van der Waals surface area (Å²) >= 11 is 0. The summed E-state index contributed by atoms with van der Waals surface area (Å²) in [5.74, 6) is 0.668. The van der Waals surface area contributed by atoms with Crippen LogP contribution in [0.2, 0.25) is 0 Å². The van der Waals surface area contributed by atoms with E-state index in [-0.39, 0.29) is 30.2 Å². The third-order valence-electron chi connectivity index (χ3n) is 4.47. The van der Waals surface area contributed by atoms with Gasteiger partial charge in [-0.3, -0.25) is 4.79 Å². The highest BCUT2D eigenvalue weighted by Crippen LogP contribution is 2.17. The molecule has 26 heavy (non-hydrogen) atoms. The summed E-state index contributed by atoms with van der Waals surface area (Å²) in [6, 6.07) is 6.45. The molecule has 0 radical (unpaired) electrons. The second-order valence-corrected chi connectivity index (χ2v) is 6.43. The largest absolute Gasteiger partial charge is 0.352 e.